The highest BCUT2D eigenvalue weighted by molar-refractivity contribution is 7.99. The molecule has 0 aromatic carbocycles. The van der Waals surface area contributed by atoms with Gasteiger partial charge in [-0.2, -0.15) is 4.98 Å². The average Bonchev–Trinajstić information content (AvgIpc) is 3.07. The van der Waals surface area contributed by atoms with Crippen LogP contribution in [0.3, 0.4) is 0 Å². The molecule has 3 aliphatic rings. The molecular formula is C18H28N6OS. The van der Waals surface area contributed by atoms with Gasteiger partial charge >= 0.3 is 0 Å². The van der Waals surface area contributed by atoms with Crippen molar-refractivity contribution in [2.45, 2.75) is 37.0 Å². The fourth-order valence-electron chi connectivity index (χ4n) is 3.97. The van der Waals surface area contributed by atoms with Crippen LogP contribution >= 0.6 is 11.8 Å². The predicted molar refractivity (Wildman–Crippen MR) is 104 cm³/mol. The van der Waals surface area contributed by atoms with Gasteiger partial charge in [0.25, 0.3) is 0 Å². The summed E-state index contributed by atoms with van der Waals surface area (Å²) < 4.78 is 7.40. The topological polar surface area (TPSA) is 67.6 Å². The molecule has 0 spiro atoms. The molecule has 1 aromatic rings. The second-order valence-corrected chi connectivity index (χ2v) is 8.09. The summed E-state index contributed by atoms with van der Waals surface area (Å²) >= 11 is 1.62. The smallest absolute Gasteiger partial charge is 0.248 e. The maximum atomic E-state index is 5.42. The number of hydrogen-bond donors (Lipinski definition) is 1. The molecule has 26 heavy (non-hydrogen) atoms. The molecule has 2 fully saturated rings. The van der Waals surface area contributed by atoms with Crippen LogP contribution < -0.4 is 5.32 Å². The number of aliphatic imine (C=N–C) groups is 1. The zero-order valence-electron chi connectivity index (χ0n) is 15.3. The number of nitrogens with one attached hydrogen (secondary N) is 1. The zero-order valence-corrected chi connectivity index (χ0v) is 16.1. The molecule has 8 heteroatoms. The van der Waals surface area contributed by atoms with Crippen LogP contribution in [0.1, 0.15) is 19.3 Å². The number of morpholine rings is 1. The van der Waals surface area contributed by atoms with Crippen molar-refractivity contribution in [3.05, 3.63) is 12.7 Å². The molecule has 7 nitrogen and oxygen atoms in total. The largest absolute Gasteiger partial charge is 0.379 e. The minimum absolute atomic E-state index is 0.379. The standard InChI is InChI=1S/C18H28N6OS/c1-2-12-26-18-21-17-20-16-14(13-24(17)22-18)4-3-5-15(16)19-6-7-23-8-10-25-11-9-23/h2,14-15,19H,1,3-13H2. The molecule has 1 N–H and O–H groups in total. The Morgan fingerprint density at radius 2 is 2.19 bits per heavy atom. The maximum Gasteiger partial charge on any atom is 0.248 e. The fraction of sp³-hybridized carbons (Fsp3) is 0.722. The van der Waals surface area contributed by atoms with Gasteiger partial charge in [-0.1, -0.05) is 24.3 Å². The Kier molecular flexibility index (Phi) is 6.04. The molecule has 0 amide bonds. The van der Waals surface area contributed by atoms with Gasteiger partial charge in [0.15, 0.2) is 0 Å². The summed E-state index contributed by atoms with van der Waals surface area (Å²) in [5, 5.41) is 9.16. The zero-order chi connectivity index (χ0) is 17.8. The molecule has 2 atom stereocenters. The van der Waals surface area contributed by atoms with Crippen LogP contribution in [0, 0.1) is 5.92 Å². The van der Waals surface area contributed by atoms with Crippen LogP contribution in [-0.2, 0) is 11.3 Å². The van der Waals surface area contributed by atoms with E-state index in [1.807, 2.05) is 10.8 Å². The van der Waals surface area contributed by atoms with E-state index < -0.39 is 0 Å². The van der Waals surface area contributed by atoms with Crippen molar-refractivity contribution in [2.24, 2.45) is 10.9 Å². The van der Waals surface area contributed by atoms with Crippen molar-refractivity contribution >= 4 is 23.4 Å². The molecule has 3 heterocycles. The number of aromatic nitrogens is 3. The second kappa shape index (κ2) is 8.65. The van der Waals surface area contributed by atoms with Gasteiger partial charge in [0.1, 0.15) is 0 Å². The molecule has 142 valence electrons. The summed E-state index contributed by atoms with van der Waals surface area (Å²) in [5.41, 5.74) is 1.29. The van der Waals surface area contributed by atoms with Crippen LogP contribution in [0.25, 0.3) is 0 Å². The van der Waals surface area contributed by atoms with Gasteiger partial charge in [-0.3, -0.25) is 4.90 Å². The Hall–Kier alpha value is -1.22. The highest BCUT2D eigenvalue weighted by Crippen LogP contribution is 2.31. The van der Waals surface area contributed by atoms with Crippen molar-refractivity contribution in [1.82, 2.24) is 25.0 Å². The molecule has 1 aliphatic carbocycles. The predicted octanol–water partition coefficient (Wildman–Crippen LogP) is 1.73. The van der Waals surface area contributed by atoms with Gasteiger partial charge in [-0.25, -0.2) is 9.67 Å². The summed E-state index contributed by atoms with van der Waals surface area (Å²) in [6, 6.07) is 0.379. The van der Waals surface area contributed by atoms with Gasteiger partial charge in [-0.05, 0) is 12.8 Å². The van der Waals surface area contributed by atoms with Crippen LogP contribution in [0.15, 0.2) is 22.8 Å². The lowest BCUT2D eigenvalue weighted by Gasteiger charge is -2.34. The highest BCUT2D eigenvalue weighted by Gasteiger charge is 2.33. The average molecular weight is 377 g/mol. The van der Waals surface area contributed by atoms with Crippen LogP contribution in [0.4, 0.5) is 5.95 Å². The van der Waals surface area contributed by atoms with Gasteiger partial charge in [0, 0.05) is 49.6 Å². The van der Waals surface area contributed by atoms with Crippen molar-refractivity contribution in [3.8, 4) is 0 Å². The number of ether oxygens (including phenoxy) is 1. The van der Waals surface area contributed by atoms with E-state index in [0.717, 1.165) is 62.8 Å². The molecule has 0 bridgehead atoms. The molecule has 1 saturated heterocycles. The fourth-order valence-corrected chi connectivity index (χ4v) is 4.54. The van der Waals surface area contributed by atoms with E-state index >= 15 is 0 Å². The third kappa shape index (κ3) is 4.19. The number of hydrogen-bond acceptors (Lipinski definition) is 7. The van der Waals surface area contributed by atoms with Gasteiger partial charge < -0.3 is 10.1 Å². The van der Waals surface area contributed by atoms with E-state index in [1.165, 1.54) is 25.0 Å². The van der Waals surface area contributed by atoms with Crippen molar-refractivity contribution in [2.75, 3.05) is 45.1 Å². The quantitative estimate of drug-likeness (QED) is 0.577. The number of nitrogens with zero attached hydrogens (tertiary/aromatic N) is 5. The lowest BCUT2D eigenvalue weighted by atomic mass is 9.83. The lowest BCUT2D eigenvalue weighted by molar-refractivity contribution is 0.0382. The van der Waals surface area contributed by atoms with Crippen molar-refractivity contribution in [1.29, 1.82) is 0 Å². The summed E-state index contributed by atoms with van der Waals surface area (Å²) in [4.78, 5) is 12.0. The molecule has 2 aliphatic heterocycles. The lowest BCUT2D eigenvalue weighted by Crippen LogP contribution is -2.48. The van der Waals surface area contributed by atoms with Crippen LogP contribution in [-0.4, -0.2) is 76.6 Å². The van der Waals surface area contributed by atoms with Gasteiger partial charge in [-0.15, -0.1) is 11.7 Å². The number of rotatable bonds is 7. The molecule has 1 aromatic heterocycles. The number of thioether (sulfide) groups is 1. The molecule has 1 saturated carbocycles. The first-order valence-corrected chi connectivity index (χ1v) is 10.6. The maximum absolute atomic E-state index is 5.42. The summed E-state index contributed by atoms with van der Waals surface area (Å²) in [6.07, 6.45) is 5.51. The van der Waals surface area contributed by atoms with E-state index in [2.05, 4.69) is 26.9 Å². The van der Waals surface area contributed by atoms with E-state index in [1.54, 1.807) is 11.8 Å². The Labute approximate surface area is 159 Å². The molecule has 4 rings (SSSR count). The van der Waals surface area contributed by atoms with Crippen molar-refractivity contribution < 1.29 is 4.74 Å². The normalized spacial score (nSPS) is 26.1. The Morgan fingerprint density at radius 1 is 1.31 bits per heavy atom. The molecular weight excluding hydrogens is 348 g/mol. The monoisotopic (exact) mass is 376 g/mol. The summed E-state index contributed by atoms with van der Waals surface area (Å²) in [6.45, 7) is 10.6. The van der Waals surface area contributed by atoms with Gasteiger partial charge in [0.2, 0.25) is 11.1 Å². The van der Waals surface area contributed by atoms with E-state index in [4.69, 9.17) is 9.73 Å². The Morgan fingerprint density at radius 3 is 3.04 bits per heavy atom. The third-order valence-corrected chi connectivity index (χ3v) is 6.16. The Bertz CT molecular complexity index is 654. The van der Waals surface area contributed by atoms with E-state index in [-0.39, 0.29) is 0 Å². The SMILES string of the molecule is C=CCSc1nc2n(n1)CC1CCCC(NCCN3CCOCC3)C1=N2. The van der Waals surface area contributed by atoms with Crippen molar-refractivity contribution in [3.63, 3.8) is 0 Å². The first-order chi connectivity index (χ1) is 12.8. The van der Waals surface area contributed by atoms with E-state index in [0.29, 0.717) is 12.0 Å². The number of fused-ring (bicyclic) bond motifs is 2. The van der Waals surface area contributed by atoms with E-state index in [9.17, 15) is 0 Å². The third-order valence-electron chi connectivity index (χ3n) is 5.33. The van der Waals surface area contributed by atoms with Gasteiger partial charge in [0.05, 0.1) is 19.8 Å². The summed E-state index contributed by atoms with van der Waals surface area (Å²) in [7, 11) is 0. The first-order valence-electron chi connectivity index (χ1n) is 9.64. The summed E-state index contributed by atoms with van der Waals surface area (Å²) in [5.74, 6) is 2.09. The minimum Gasteiger partial charge on any atom is -0.379 e. The van der Waals surface area contributed by atoms with Crippen LogP contribution in [0.5, 0.6) is 0 Å². The molecule has 0 radical (unpaired) electrons. The minimum atomic E-state index is 0.379. The van der Waals surface area contributed by atoms with Crippen LogP contribution in [0.2, 0.25) is 0 Å². The Balaban J connectivity index is 1.39. The highest BCUT2D eigenvalue weighted by atomic mass is 32.2. The molecule has 2 unspecified atom stereocenters. The first kappa shape index (κ1) is 18.2. The second-order valence-electron chi connectivity index (χ2n) is 7.10.